The topological polar surface area (TPSA) is 108 Å². The number of halogens is 1. The van der Waals surface area contributed by atoms with Crippen molar-refractivity contribution in [1.82, 2.24) is 30.2 Å². The Morgan fingerprint density at radius 2 is 1.75 bits per heavy atom. The Labute approximate surface area is 293 Å². The van der Waals surface area contributed by atoms with Gasteiger partial charge in [0.2, 0.25) is 5.95 Å². The Morgan fingerprint density at radius 1 is 0.979 bits per heavy atom. The van der Waals surface area contributed by atoms with E-state index >= 15 is 0 Å². The third kappa shape index (κ3) is 7.70. The predicted octanol–water partition coefficient (Wildman–Crippen LogP) is 6.16. The second kappa shape index (κ2) is 15.2. The van der Waals surface area contributed by atoms with Crippen molar-refractivity contribution in [2.75, 3.05) is 69.4 Å². The van der Waals surface area contributed by atoms with Crippen molar-refractivity contribution >= 4 is 56.6 Å². The quantitative estimate of drug-likeness (QED) is 0.174. The zero-order chi connectivity index (χ0) is 33.8. The van der Waals surface area contributed by atoms with Crippen molar-refractivity contribution in [2.24, 2.45) is 0 Å². The van der Waals surface area contributed by atoms with E-state index in [2.05, 4.69) is 65.4 Å². The zero-order valence-corrected chi connectivity index (χ0v) is 31.3. The summed E-state index contributed by atoms with van der Waals surface area (Å²) in [7, 11) is -2.67. The van der Waals surface area contributed by atoms with Crippen molar-refractivity contribution in [2.45, 2.75) is 58.9 Å². The van der Waals surface area contributed by atoms with Gasteiger partial charge in [-0.3, -0.25) is 4.90 Å². The van der Waals surface area contributed by atoms with Crippen molar-refractivity contribution in [1.29, 1.82) is 0 Å². The molecule has 6 rings (SSSR count). The van der Waals surface area contributed by atoms with E-state index in [1.165, 1.54) is 24.1 Å². The summed E-state index contributed by atoms with van der Waals surface area (Å²) < 4.78 is 20.6. The number of rotatable bonds is 11. The number of piperazine rings is 1. The van der Waals surface area contributed by atoms with Crippen LogP contribution in [0.1, 0.15) is 56.3 Å². The van der Waals surface area contributed by atoms with Gasteiger partial charge in [-0.2, -0.15) is 0 Å². The van der Waals surface area contributed by atoms with Crippen LogP contribution in [-0.4, -0.2) is 90.1 Å². The summed E-state index contributed by atoms with van der Waals surface area (Å²) in [5, 5.41) is 8.60. The first-order valence-corrected chi connectivity index (χ1v) is 20.7. The third-order valence-corrected chi connectivity index (χ3v) is 11.7. The van der Waals surface area contributed by atoms with Crippen LogP contribution in [0.2, 0.25) is 0 Å². The highest BCUT2D eigenvalue weighted by Crippen LogP contribution is 2.40. The predicted molar refractivity (Wildman–Crippen MR) is 200 cm³/mol. The molecule has 0 unspecified atom stereocenters. The maximum Gasteiger partial charge on any atom is 0.227 e. The molecule has 4 aromatic rings. The fourth-order valence-electron chi connectivity index (χ4n) is 7.09. The van der Waals surface area contributed by atoms with Gasteiger partial charge in [-0.25, -0.2) is 19.9 Å². The minimum absolute atomic E-state index is 0.478. The molecule has 4 heterocycles. The van der Waals surface area contributed by atoms with Gasteiger partial charge in [-0.05, 0) is 78.7 Å². The van der Waals surface area contributed by atoms with E-state index in [0.717, 1.165) is 101 Å². The van der Waals surface area contributed by atoms with Crippen LogP contribution in [-0.2, 0) is 23.8 Å². The van der Waals surface area contributed by atoms with E-state index in [1.807, 2.05) is 32.2 Å². The number of fused-ring (bicyclic) bond motifs is 1. The lowest BCUT2D eigenvalue weighted by atomic mass is 9.99. The van der Waals surface area contributed by atoms with Crippen molar-refractivity contribution < 1.29 is 9.30 Å². The molecule has 0 aliphatic carbocycles. The number of nitrogens with zero attached hydrogens (tertiary/aromatic N) is 6. The minimum Gasteiger partial charge on any atom is -0.492 e. The number of anilines is 3. The number of aromatic nitrogens is 4. The maximum absolute atomic E-state index is 13.6. The van der Waals surface area contributed by atoms with E-state index in [1.54, 1.807) is 19.5 Å². The SMILES string of the molecule is CCOc1cc(N2CCC(N3CCNCC3)CC2)c(CC)cc1Nc1ncc(Br)c(Cc2ccc3nc(CC)ncc3c2P(C)(C)=O)n1. The second-order valence-electron chi connectivity index (χ2n) is 13.1. The normalized spacial score (nSPS) is 16.4. The van der Waals surface area contributed by atoms with E-state index < -0.39 is 7.14 Å². The number of nitrogens with one attached hydrogen (secondary N) is 2. The molecule has 0 amide bonds. The van der Waals surface area contributed by atoms with Crippen molar-refractivity contribution in [3.63, 3.8) is 0 Å². The average Bonchev–Trinajstić information content (AvgIpc) is 3.10. The number of piperidine rings is 1. The Hall–Kier alpha value is -3.11. The molecule has 2 N–H and O–H groups in total. The Balaban J connectivity index is 1.26. The van der Waals surface area contributed by atoms with Gasteiger partial charge in [0.15, 0.2) is 0 Å². The molecule has 12 heteroatoms. The lowest BCUT2D eigenvalue weighted by Crippen LogP contribution is -2.52. The van der Waals surface area contributed by atoms with Crippen LogP contribution in [0.15, 0.2) is 41.1 Å². The van der Waals surface area contributed by atoms with E-state index in [4.69, 9.17) is 14.7 Å². The molecule has 256 valence electrons. The smallest absolute Gasteiger partial charge is 0.227 e. The van der Waals surface area contributed by atoms with Gasteiger partial charge < -0.3 is 24.8 Å². The summed E-state index contributed by atoms with van der Waals surface area (Å²) in [5.74, 6) is 2.05. The van der Waals surface area contributed by atoms with E-state index in [-0.39, 0.29) is 0 Å². The summed E-state index contributed by atoms with van der Waals surface area (Å²) in [4.78, 5) is 24.0. The van der Waals surface area contributed by atoms with Crippen LogP contribution in [0.4, 0.5) is 17.3 Å². The van der Waals surface area contributed by atoms with Crippen LogP contribution < -0.4 is 25.6 Å². The first kappa shape index (κ1) is 34.7. The number of benzene rings is 2. The summed E-state index contributed by atoms with van der Waals surface area (Å²) in [6, 6.07) is 9.08. The molecule has 0 radical (unpaired) electrons. The van der Waals surface area contributed by atoms with Crippen LogP contribution in [0.5, 0.6) is 5.75 Å². The highest BCUT2D eigenvalue weighted by atomic mass is 79.9. The van der Waals surface area contributed by atoms with Crippen LogP contribution in [0, 0.1) is 0 Å². The molecule has 0 spiro atoms. The number of hydrogen-bond acceptors (Lipinski definition) is 10. The summed E-state index contributed by atoms with van der Waals surface area (Å²) >= 11 is 3.68. The number of ether oxygens (including phenoxy) is 1. The second-order valence-corrected chi connectivity index (χ2v) is 17.1. The molecule has 2 aliphatic heterocycles. The summed E-state index contributed by atoms with van der Waals surface area (Å²) in [6.45, 7) is 17.0. The summed E-state index contributed by atoms with van der Waals surface area (Å²) in [6.07, 6.45) is 8.09. The summed E-state index contributed by atoms with van der Waals surface area (Å²) in [5.41, 5.74) is 5.94. The number of hydrogen-bond donors (Lipinski definition) is 2. The van der Waals surface area contributed by atoms with Gasteiger partial charge in [0.1, 0.15) is 18.7 Å². The Morgan fingerprint density at radius 3 is 2.44 bits per heavy atom. The first-order valence-electron chi connectivity index (χ1n) is 17.3. The molecule has 2 aromatic heterocycles. The van der Waals surface area contributed by atoms with Crippen molar-refractivity contribution in [3.05, 3.63) is 63.8 Å². The van der Waals surface area contributed by atoms with Gasteiger partial charge in [0, 0.05) is 93.0 Å². The largest absolute Gasteiger partial charge is 0.492 e. The minimum atomic E-state index is -2.67. The number of aryl methyl sites for hydroxylation is 2. The van der Waals surface area contributed by atoms with Gasteiger partial charge in [-0.1, -0.05) is 19.9 Å². The van der Waals surface area contributed by atoms with Crippen LogP contribution >= 0.6 is 23.1 Å². The highest BCUT2D eigenvalue weighted by molar-refractivity contribution is 9.10. The molecule has 2 saturated heterocycles. The highest BCUT2D eigenvalue weighted by Gasteiger charge is 2.27. The fraction of sp³-hybridized carbons (Fsp3) is 0.500. The molecule has 2 fully saturated rings. The van der Waals surface area contributed by atoms with Crippen LogP contribution in [0.25, 0.3) is 10.9 Å². The monoisotopic (exact) mass is 734 g/mol. The van der Waals surface area contributed by atoms with Gasteiger partial charge in [-0.15, -0.1) is 0 Å². The van der Waals surface area contributed by atoms with Crippen molar-refractivity contribution in [3.8, 4) is 5.75 Å². The lowest BCUT2D eigenvalue weighted by Gasteiger charge is -2.41. The molecular weight excluding hydrogens is 687 g/mol. The standard InChI is InChI=1S/C36H48BrN8O2P/c1-6-24-19-31(33(47-8-3)21-32(24)45-15-11-26(12-16-45)44-17-13-38-14-18-44)43-36-40-23-28(37)30(42-36)20-25-9-10-29-27(35(25)48(4,5)46)22-39-34(7-2)41-29/h9-10,19,21-23,26,38H,6-8,11-18,20H2,1-5H3,(H,40,42,43). The first-order chi connectivity index (χ1) is 23.2. The average molecular weight is 736 g/mol. The molecule has 48 heavy (non-hydrogen) atoms. The molecule has 2 aliphatic rings. The van der Waals surface area contributed by atoms with E-state index in [0.29, 0.717) is 25.0 Å². The third-order valence-electron chi connectivity index (χ3n) is 9.48. The molecule has 0 atom stereocenters. The van der Waals surface area contributed by atoms with Crippen LogP contribution in [0.3, 0.4) is 0 Å². The zero-order valence-electron chi connectivity index (χ0n) is 28.9. The molecule has 10 nitrogen and oxygen atoms in total. The Kier molecular flexibility index (Phi) is 11.0. The lowest BCUT2D eigenvalue weighted by molar-refractivity contribution is 0.150. The molecule has 0 bridgehead atoms. The molecular formula is C36H48BrN8O2P. The molecule has 2 aromatic carbocycles. The molecule has 0 saturated carbocycles. The van der Waals surface area contributed by atoms with Gasteiger partial charge in [0.05, 0.1) is 28.0 Å². The van der Waals surface area contributed by atoms with Gasteiger partial charge >= 0.3 is 0 Å². The van der Waals surface area contributed by atoms with E-state index in [9.17, 15) is 4.57 Å². The fourth-order valence-corrected chi connectivity index (χ4v) is 9.02. The Bertz CT molecular complexity index is 1800. The maximum atomic E-state index is 13.6. The van der Waals surface area contributed by atoms with Gasteiger partial charge in [0.25, 0.3) is 0 Å².